The van der Waals surface area contributed by atoms with Gasteiger partial charge in [0.1, 0.15) is 5.01 Å². The maximum Gasteiger partial charge on any atom is 0.124 e. The molecule has 4 heteroatoms. The van der Waals surface area contributed by atoms with Crippen molar-refractivity contribution >= 4 is 22.9 Å². The van der Waals surface area contributed by atoms with Gasteiger partial charge in [-0.1, -0.05) is 48.0 Å². The zero-order chi connectivity index (χ0) is 15.4. The third-order valence-electron chi connectivity index (χ3n) is 3.54. The van der Waals surface area contributed by atoms with Gasteiger partial charge in [0, 0.05) is 16.0 Å². The van der Waals surface area contributed by atoms with Crippen LogP contribution in [0.1, 0.15) is 16.8 Å². The van der Waals surface area contributed by atoms with Crippen molar-refractivity contribution in [1.82, 2.24) is 4.98 Å². The van der Waals surface area contributed by atoms with Crippen molar-refractivity contribution in [2.24, 2.45) is 0 Å². The summed E-state index contributed by atoms with van der Waals surface area (Å²) >= 11 is 7.69. The summed E-state index contributed by atoms with van der Waals surface area (Å²) in [6, 6.07) is 16.4. The van der Waals surface area contributed by atoms with Gasteiger partial charge >= 0.3 is 0 Å². The number of aliphatic hydroxyl groups excluding tert-OH is 1. The zero-order valence-corrected chi connectivity index (χ0v) is 13.6. The highest BCUT2D eigenvalue weighted by Crippen LogP contribution is 2.30. The number of thiazole rings is 1. The molecule has 0 spiro atoms. The Balaban J connectivity index is 1.87. The van der Waals surface area contributed by atoms with E-state index in [4.69, 9.17) is 11.6 Å². The average Bonchev–Trinajstić information content (AvgIpc) is 3.03. The van der Waals surface area contributed by atoms with E-state index in [2.05, 4.69) is 35.3 Å². The van der Waals surface area contributed by atoms with E-state index in [0.717, 1.165) is 23.4 Å². The Hall–Kier alpha value is -1.68. The van der Waals surface area contributed by atoms with Gasteiger partial charge < -0.3 is 5.11 Å². The molecule has 0 aliphatic heterocycles. The fraction of sp³-hybridized carbons (Fsp3) is 0.167. The van der Waals surface area contributed by atoms with E-state index in [0.29, 0.717) is 10.7 Å². The number of aliphatic hydroxyl groups is 1. The lowest BCUT2D eigenvalue weighted by atomic mass is 10.00. The van der Waals surface area contributed by atoms with E-state index in [1.165, 1.54) is 11.1 Å². The van der Waals surface area contributed by atoms with Gasteiger partial charge in [-0.2, -0.15) is 0 Å². The maximum absolute atomic E-state index is 9.19. The molecule has 0 saturated heterocycles. The van der Waals surface area contributed by atoms with Crippen molar-refractivity contribution in [3.63, 3.8) is 0 Å². The van der Waals surface area contributed by atoms with E-state index in [9.17, 15) is 5.11 Å². The predicted molar refractivity (Wildman–Crippen MR) is 92.3 cm³/mol. The Bertz CT molecular complexity index is 755. The Morgan fingerprint density at radius 1 is 1.05 bits per heavy atom. The maximum atomic E-state index is 9.19. The Labute approximate surface area is 139 Å². The summed E-state index contributed by atoms with van der Waals surface area (Å²) in [6.07, 6.45) is 1.91. The van der Waals surface area contributed by atoms with Crippen molar-refractivity contribution in [3.8, 4) is 10.6 Å². The number of nitrogens with zero attached hydrogens (tertiary/aromatic N) is 1. The molecular weight excluding hydrogens is 314 g/mol. The predicted octanol–water partition coefficient (Wildman–Crippen LogP) is 4.74. The minimum Gasteiger partial charge on any atom is -0.390 e. The summed E-state index contributed by atoms with van der Waals surface area (Å²) in [6.45, 7) is -0.0313. The normalized spacial score (nSPS) is 10.8. The Morgan fingerprint density at radius 2 is 1.86 bits per heavy atom. The van der Waals surface area contributed by atoms with Gasteiger partial charge in [-0.05, 0) is 36.1 Å². The molecule has 0 saturated carbocycles. The second-order valence-corrected chi connectivity index (χ2v) is 6.38. The lowest BCUT2D eigenvalue weighted by Crippen LogP contribution is -1.95. The molecule has 0 aliphatic rings. The first-order chi connectivity index (χ1) is 10.8. The molecule has 3 aromatic rings. The van der Waals surface area contributed by atoms with Crippen molar-refractivity contribution in [1.29, 1.82) is 0 Å². The number of halogens is 1. The topological polar surface area (TPSA) is 33.1 Å². The number of aromatic nitrogens is 1. The van der Waals surface area contributed by atoms with Gasteiger partial charge in [-0.25, -0.2) is 4.98 Å². The highest BCUT2D eigenvalue weighted by Gasteiger charge is 2.10. The first-order valence-electron chi connectivity index (χ1n) is 7.14. The lowest BCUT2D eigenvalue weighted by molar-refractivity contribution is 0.278. The van der Waals surface area contributed by atoms with Crippen molar-refractivity contribution in [2.75, 3.05) is 0 Å². The van der Waals surface area contributed by atoms with Crippen LogP contribution in [-0.2, 0) is 19.4 Å². The molecule has 0 amide bonds. The molecule has 0 radical (unpaired) electrons. The minimum atomic E-state index is -0.0313. The fourth-order valence-corrected chi connectivity index (χ4v) is 3.43. The van der Waals surface area contributed by atoms with Crippen LogP contribution in [0.2, 0.25) is 5.02 Å². The van der Waals surface area contributed by atoms with Gasteiger partial charge in [-0.3, -0.25) is 0 Å². The molecule has 1 aromatic heterocycles. The van der Waals surface area contributed by atoms with Crippen LogP contribution in [0.4, 0.5) is 0 Å². The van der Waals surface area contributed by atoms with Gasteiger partial charge in [0.2, 0.25) is 0 Å². The Kier molecular flexibility index (Phi) is 4.88. The first-order valence-corrected chi connectivity index (χ1v) is 8.40. The van der Waals surface area contributed by atoms with Crippen LogP contribution >= 0.6 is 22.9 Å². The summed E-state index contributed by atoms with van der Waals surface area (Å²) in [5.41, 5.74) is 4.31. The van der Waals surface area contributed by atoms with Crippen LogP contribution < -0.4 is 0 Å². The van der Waals surface area contributed by atoms with Gasteiger partial charge in [0.05, 0.1) is 12.3 Å². The highest BCUT2D eigenvalue weighted by molar-refractivity contribution is 7.13. The molecule has 0 bridgehead atoms. The molecule has 112 valence electrons. The van der Waals surface area contributed by atoms with E-state index < -0.39 is 0 Å². The molecule has 0 aliphatic carbocycles. The second kappa shape index (κ2) is 7.05. The number of rotatable bonds is 5. The van der Waals surface area contributed by atoms with E-state index in [-0.39, 0.29) is 6.61 Å². The molecule has 0 fully saturated rings. The molecule has 22 heavy (non-hydrogen) atoms. The van der Waals surface area contributed by atoms with Crippen LogP contribution in [0.3, 0.4) is 0 Å². The third-order valence-corrected chi connectivity index (χ3v) is 4.70. The molecule has 2 nitrogen and oxygen atoms in total. The molecule has 0 unspecified atom stereocenters. The van der Waals surface area contributed by atoms with Gasteiger partial charge in [0.15, 0.2) is 0 Å². The summed E-state index contributed by atoms with van der Waals surface area (Å²) in [4.78, 5) is 4.47. The highest BCUT2D eigenvalue weighted by atomic mass is 35.5. The molecule has 2 aromatic carbocycles. The fourth-order valence-electron chi connectivity index (χ4n) is 2.39. The second-order valence-electron chi connectivity index (χ2n) is 5.09. The smallest absolute Gasteiger partial charge is 0.124 e. The van der Waals surface area contributed by atoms with E-state index in [1.807, 2.05) is 23.6 Å². The summed E-state index contributed by atoms with van der Waals surface area (Å²) in [5.74, 6) is 0. The number of aryl methyl sites for hydroxylation is 2. The van der Waals surface area contributed by atoms with Gasteiger partial charge in [0.25, 0.3) is 0 Å². The summed E-state index contributed by atoms with van der Waals surface area (Å²) in [7, 11) is 0. The van der Waals surface area contributed by atoms with E-state index in [1.54, 1.807) is 11.3 Å². The monoisotopic (exact) mass is 329 g/mol. The molecule has 3 rings (SSSR count). The molecule has 1 N–H and O–H groups in total. The van der Waals surface area contributed by atoms with Crippen LogP contribution in [0, 0.1) is 0 Å². The molecule has 1 heterocycles. The lowest BCUT2D eigenvalue weighted by Gasteiger charge is -2.08. The van der Waals surface area contributed by atoms with E-state index >= 15 is 0 Å². The standard InChI is InChI=1S/C18H16ClNOS/c19-15-9-8-14(7-6-13-4-2-1-3-5-13)17(10-15)18-20-16(11-21)12-22-18/h1-5,8-10,12,21H,6-7,11H2. The van der Waals surface area contributed by atoms with Crippen LogP contribution in [-0.4, -0.2) is 10.1 Å². The van der Waals surface area contributed by atoms with Crippen LogP contribution in [0.25, 0.3) is 10.6 Å². The van der Waals surface area contributed by atoms with Crippen molar-refractivity contribution in [2.45, 2.75) is 19.4 Å². The van der Waals surface area contributed by atoms with Gasteiger partial charge in [-0.15, -0.1) is 11.3 Å². The largest absolute Gasteiger partial charge is 0.390 e. The average molecular weight is 330 g/mol. The molecular formula is C18H16ClNOS. The van der Waals surface area contributed by atoms with Crippen molar-refractivity contribution < 1.29 is 5.11 Å². The quantitative estimate of drug-likeness (QED) is 0.733. The number of benzene rings is 2. The number of hydrogen-bond acceptors (Lipinski definition) is 3. The van der Waals surface area contributed by atoms with Crippen LogP contribution in [0.15, 0.2) is 53.9 Å². The van der Waals surface area contributed by atoms with Crippen LogP contribution in [0.5, 0.6) is 0 Å². The number of hydrogen-bond donors (Lipinski definition) is 1. The SMILES string of the molecule is OCc1csc(-c2cc(Cl)ccc2CCc2ccccc2)n1. The Morgan fingerprint density at radius 3 is 2.59 bits per heavy atom. The summed E-state index contributed by atoms with van der Waals surface area (Å²) < 4.78 is 0. The minimum absolute atomic E-state index is 0.0313. The third kappa shape index (κ3) is 3.55. The zero-order valence-electron chi connectivity index (χ0n) is 12.0. The summed E-state index contributed by atoms with van der Waals surface area (Å²) in [5, 5.41) is 12.7. The van der Waals surface area contributed by atoms with Crippen molar-refractivity contribution in [3.05, 3.63) is 75.8 Å². The molecule has 0 atom stereocenters. The first kappa shape index (κ1) is 15.2.